The van der Waals surface area contributed by atoms with Crippen LogP contribution in [0.5, 0.6) is 11.5 Å². The molecule has 0 bridgehead atoms. The van der Waals surface area contributed by atoms with Crippen LogP contribution in [0.25, 0.3) is 11.1 Å². The number of ether oxygens (including phenoxy) is 2. The minimum Gasteiger partial charge on any atom is -0.497 e. The summed E-state index contributed by atoms with van der Waals surface area (Å²) in [6, 6.07) is 16.8. The third-order valence-corrected chi connectivity index (χ3v) is 7.66. The van der Waals surface area contributed by atoms with E-state index in [0.717, 1.165) is 59.3 Å². The van der Waals surface area contributed by atoms with Crippen LogP contribution in [0.3, 0.4) is 0 Å². The van der Waals surface area contributed by atoms with Crippen LogP contribution in [0.2, 0.25) is 0 Å². The number of carboxylic acids is 1. The van der Waals surface area contributed by atoms with E-state index < -0.39 is 11.9 Å². The maximum atomic E-state index is 14.6. The Morgan fingerprint density at radius 3 is 2.61 bits per heavy atom. The molecule has 1 aliphatic carbocycles. The van der Waals surface area contributed by atoms with Crippen molar-refractivity contribution in [3.63, 3.8) is 0 Å². The van der Waals surface area contributed by atoms with Crippen molar-refractivity contribution in [1.29, 1.82) is 0 Å². The van der Waals surface area contributed by atoms with Crippen molar-refractivity contribution < 1.29 is 23.8 Å². The normalized spacial score (nSPS) is 18.6. The maximum absolute atomic E-state index is 14.6. The summed E-state index contributed by atoms with van der Waals surface area (Å²) in [6.45, 7) is 2.07. The fourth-order valence-corrected chi connectivity index (χ4v) is 5.49. The Balaban J connectivity index is 1.43. The zero-order valence-corrected chi connectivity index (χ0v) is 20.7. The van der Waals surface area contributed by atoms with Gasteiger partial charge in [-0.15, -0.1) is 0 Å². The first-order valence-electron chi connectivity index (χ1n) is 12.6. The molecule has 3 aromatic carbocycles. The van der Waals surface area contributed by atoms with E-state index >= 15 is 0 Å². The van der Waals surface area contributed by atoms with Crippen LogP contribution >= 0.6 is 0 Å². The Morgan fingerprint density at radius 2 is 1.92 bits per heavy atom. The standard InChI is InChI=1S/C30H32FNO4/c1-17(30(33)34)29(19-4-5-19)21-6-3-18-8-12-27(36-28(18)14-21)20-7-10-24(22(13-20)16-32)25-15-23(35-2)9-11-26(25)31/h3,6-7,9-11,13-15,17,19,27,29H,4-5,8,12,16,32H2,1-2H3,(H,33,34)/t17-,27?,29?/m0/s1. The van der Waals surface area contributed by atoms with Crippen LogP contribution in [0, 0.1) is 17.7 Å². The van der Waals surface area contributed by atoms with E-state index in [-0.39, 0.29) is 24.4 Å². The molecule has 1 saturated carbocycles. The Morgan fingerprint density at radius 1 is 1.11 bits per heavy atom. The fraction of sp³-hybridized carbons (Fsp3) is 0.367. The summed E-state index contributed by atoms with van der Waals surface area (Å²) in [5.41, 5.74) is 11.3. The maximum Gasteiger partial charge on any atom is 0.306 e. The van der Waals surface area contributed by atoms with Gasteiger partial charge in [-0.3, -0.25) is 4.79 Å². The zero-order chi connectivity index (χ0) is 25.4. The molecule has 1 heterocycles. The van der Waals surface area contributed by atoms with Gasteiger partial charge < -0.3 is 20.3 Å². The molecule has 0 radical (unpaired) electrons. The summed E-state index contributed by atoms with van der Waals surface area (Å²) in [7, 11) is 1.56. The van der Waals surface area contributed by atoms with Gasteiger partial charge in [0.15, 0.2) is 0 Å². The van der Waals surface area contributed by atoms with Crippen molar-refractivity contribution in [2.24, 2.45) is 17.6 Å². The molecule has 3 N–H and O–H groups in total. The number of nitrogens with two attached hydrogens (primary N) is 1. The summed E-state index contributed by atoms with van der Waals surface area (Å²) >= 11 is 0. The zero-order valence-electron chi connectivity index (χ0n) is 20.7. The summed E-state index contributed by atoms with van der Waals surface area (Å²) < 4.78 is 26.4. The van der Waals surface area contributed by atoms with E-state index in [1.54, 1.807) is 26.2 Å². The second-order valence-electron chi connectivity index (χ2n) is 9.97. The lowest BCUT2D eigenvalue weighted by molar-refractivity contribution is -0.142. The molecule has 2 aliphatic rings. The van der Waals surface area contributed by atoms with Gasteiger partial charge in [0.2, 0.25) is 0 Å². The van der Waals surface area contributed by atoms with Gasteiger partial charge >= 0.3 is 5.97 Å². The topological polar surface area (TPSA) is 81.8 Å². The number of hydrogen-bond acceptors (Lipinski definition) is 4. The predicted molar refractivity (Wildman–Crippen MR) is 137 cm³/mol. The summed E-state index contributed by atoms with van der Waals surface area (Å²) in [5.74, 6) is 0.307. The van der Waals surface area contributed by atoms with Gasteiger partial charge in [-0.05, 0) is 89.6 Å². The van der Waals surface area contributed by atoms with Crippen LogP contribution in [-0.2, 0) is 17.8 Å². The van der Waals surface area contributed by atoms with Crippen LogP contribution < -0.4 is 15.2 Å². The Labute approximate surface area is 211 Å². The summed E-state index contributed by atoms with van der Waals surface area (Å²) in [4.78, 5) is 11.7. The second kappa shape index (κ2) is 9.94. The molecule has 5 nitrogen and oxygen atoms in total. The van der Waals surface area contributed by atoms with Gasteiger partial charge in [0.1, 0.15) is 23.4 Å². The number of halogens is 1. The highest BCUT2D eigenvalue weighted by atomic mass is 19.1. The van der Waals surface area contributed by atoms with E-state index in [0.29, 0.717) is 17.2 Å². The average molecular weight is 490 g/mol. The molecule has 36 heavy (non-hydrogen) atoms. The van der Waals surface area contributed by atoms with Crippen LogP contribution in [0.4, 0.5) is 4.39 Å². The third kappa shape index (κ3) is 4.70. The first-order valence-corrected chi connectivity index (χ1v) is 12.6. The molecular weight excluding hydrogens is 457 g/mol. The quantitative estimate of drug-likeness (QED) is 0.391. The molecule has 0 amide bonds. The largest absolute Gasteiger partial charge is 0.497 e. The summed E-state index contributed by atoms with van der Waals surface area (Å²) in [5, 5.41) is 9.65. The molecule has 0 spiro atoms. The van der Waals surface area contributed by atoms with E-state index in [9.17, 15) is 14.3 Å². The number of benzene rings is 3. The molecule has 2 unspecified atom stereocenters. The molecule has 1 fully saturated rings. The van der Waals surface area contributed by atoms with Gasteiger partial charge in [0.25, 0.3) is 0 Å². The molecule has 3 aromatic rings. The third-order valence-electron chi connectivity index (χ3n) is 7.66. The number of aliphatic carboxylic acids is 1. The lowest BCUT2D eigenvalue weighted by Crippen LogP contribution is -2.21. The van der Waals surface area contributed by atoms with Gasteiger partial charge in [-0.2, -0.15) is 0 Å². The van der Waals surface area contributed by atoms with Gasteiger partial charge in [-0.25, -0.2) is 4.39 Å². The minimum absolute atomic E-state index is 0.00216. The van der Waals surface area contributed by atoms with E-state index in [1.165, 1.54) is 6.07 Å². The lowest BCUT2D eigenvalue weighted by Gasteiger charge is -2.29. The first-order chi connectivity index (χ1) is 17.4. The molecule has 1 aliphatic heterocycles. The number of methoxy groups -OCH3 is 1. The van der Waals surface area contributed by atoms with E-state index in [2.05, 4.69) is 12.1 Å². The molecular formula is C30H32FNO4. The number of carbonyl (C=O) groups is 1. The van der Waals surface area contributed by atoms with E-state index in [4.69, 9.17) is 15.2 Å². The minimum atomic E-state index is -0.759. The molecule has 188 valence electrons. The number of carboxylic acid groups (broad SMARTS) is 1. The summed E-state index contributed by atoms with van der Waals surface area (Å²) in [6.07, 6.45) is 3.68. The Kier molecular flexibility index (Phi) is 6.71. The van der Waals surface area contributed by atoms with Gasteiger partial charge in [0, 0.05) is 12.1 Å². The van der Waals surface area contributed by atoms with Crippen molar-refractivity contribution in [1.82, 2.24) is 0 Å². The highest BCUT2D eigenvalue weighted by molar-refractivity contribution is 5.71. The Bertz CT molecular complexity index is 1290. The smallest absolute Gasteiger partial charge is 0.306 e. The molecule has 6 heteroatoms. The van der Waals surface area contributed by atoms with E-state index in [1.807, 2.05) is 24.3 Å². The molecule has 5 rings (SSSR count). The number of rotatable bonds is 8. The van der Waals surface area contributed by atoms with Crippen LogP contribution in [-0.4, -0.2) is 18.2 Å². The highest BCUT2D eigenvalue weighted by Gasteiger charge is 2.39. The van der Waals surface area contributed by atoms with Gasteiger partial charge in [-0.1, -0.05) is 37.3 Å². The van der Waals surface area contributed by atoms with Crippen molar-refractivity contribution >= 4 is 5.97 Å². The number of hydrogen-bond donors (Lipinski definition) is 2. The van der Waals surface area contributed by atoms with Crippen LogP contribution in [0.15, 0.2) is 54.6 Å². The second-order valence-corrected chi connectivity index (χ2v) is 9.97. The van der Waals surface area contributed by atoms with Crippen LogP contribution in [0.1, 0.15) is 60.5 Å². The first kappa shape index (κ1) is 24.3. The van der Waals surface area contributed by atoms with Crippen molar-refractivity contribution in [2.75, 3.05) is 7.11 Å². The van der Waals surface area contributed by atoms with Crippen molar-refractivity contribution in [3.05, 3.63) is 82.7 Å². The number of fused-ring (bicyclic) bond motifs is 1. The molecule has 3 atom stereocenters. The van der Waals surface area contributed by atoms with Crippen molar-refractivity contribution in [3.8, 4) is 22.6 Å². The number of aryl methyl sites for hydroxylation is 1. The molecule has 0 aromatic heterocycles. The monoisotopic (exact) mass is 489 g/mol. The highest BCUT2D eigenvalue weighted by Crippen LogP contribution is 2.48. The lowest BCUT2D eigenvalue weighted by atomic mass is 9.82. The fourth-order valence-electron chi connectivity index (χ4n) is 5.49. The van der Waals surface area contributed by atoms with Crippen molar-refractivity contribution in [2.45, 2.75) is 51.2 Å². The van der Waals surface area contributed by atoms with Gasteiger partial charge in [0.05, 0.1) is 13.0 Å². The molecule has 0 saturated heterocycles. The predicted octanol–water partition coefficient (Wildman–Crippen LogP) is 6.24. The SMILES string of the molecule is COc1ccc(F)c(-c2ccc(C3CCc4ccc(C(C5CC5)[C@H](C)C(=O)O)cc4O3)cc2CN)c1. The Hall–Kier alpha value is -3.38. The average Bonchev–Trinajstić information content (AvgIpc) is 3.73.